The van der Waals surface area contributed by atoms with Gasteiger partial charge in [0.25, 0.3) is 0 Å². The van der Waals surface area contributed by atoms with Crippen molar-refractivity contribution in [3.8, 4) is 0 Å². The smallest absolute Gasteiger partial charge is 0.305 e. The highest BCUT2D eigenvalue weighted by molar-refractivity contribution is 5.73. The molecule has 1 aliphatic heterocycles. The Kier molecular flexibility index (Phi) is 73.1. The first-order valence-corrected chi connectivity index (χ1v) is 38.9. The van der Waals surface area contributed by atoms with Crippen LogP contribution in [0.3, 0.4) is 0 Å². The van der Waals surface area contributed by atoms with Gasteiger partial charge in [0.15, 0.2) is 6.29 Å². The van der Waals surface area contributed by atoms with Crippen molar-refractivity contribution in [2.75, 3.05) is 264 Å². The van der Waals surface area contributed by atoms with E-state index < -0.39 is 43.2 Å². The second-order valence-electron chi connectivity index (χ2n) is 24.7. The first kappa shape index (κ1) is 97.2. The van der Waals surface area contributed by atoms with Gasteiger partial charge >= 0.3 is 5.97 Å². The highest BCUT2D eigenvalue weighted by Crippen LogP contribution is 2.23. The molecule has 0 spiro atoms. The summed E-state index contributed by atoms with van der Waals surface area (Å²) in [6.45, 7) is 21.0. The zero-order chi connectivity index (χ0) is 74.4. The third kappa shape index (κ3) is 65.0. The number of aliphatic hydroxyl groups excluding tert-OH is 3. The number of rotatable bonds is 85. The number of nitrogens with one attached hydrogen (secondary N) is 1. The molecule has 0 saturated carbocycles. The zero-order valence-electron chi connectivity index (χ0n) is 63.8. The molecule has 0 aliphatic carbocycles. The Hall–Kier alpha value is -2.88. The number of aromatic nitrogens is 3. The Balaban J connectivity index is 1.13. The molecular formula is C73H140N4O27. The van der Waals surface area contributed by atoms with Crippen LogP contribution in [0.15, 0.2) is 6.20 Å². The lowest BCUT2D eigenvalue weighted by atomic mass is 9.97. The van der Waals surface area contributed by atoms with E-state index in [0.717, 1.165) is 12.8 Å². The number of carbonyl (C=O) groups is 2. The Morgan fingerprint density at radius 2 is 0.663 bits per heavy atom. The molecule has 614 valence electrons. The normalized spacial score (nSPS) is 16.1. The number of hydrogen-bond acceptors (Lipinski definition) is 29. The van der Waals surface area contributed by atoms with Gasteiger partial charge in [-0.1, -0.05) is 128 Å². The number of ether oxygens (including phenoxy) is 22. The molecule has 1 aromatic heterocycles. The molecule has 1 aromatic rings. The van der Waals surface area contributed by atoms with Crippen molar-refractivity contribution >= 4 is 11.9 Å². The molecule has 0 aromatic carbocycles. The Morgan fingerprint density at radius 3 is 0.942 bits per heavy atom. The summed E-state index contributed by atoms with van der Waals surface area (Å²) in [5, 5.41) is 40.7. The van der Waals surface area contributed by atoms with Crippen LogP contribution >= 0.6 is 0 Å². The van der Waals surface area contributed by atoms with Crippen molar-refractivity contribution in [1.29, 1.82) is 0 Å². The number of carbonyl (C=O) groups excluding carboxylic acids is 2. The molecule has 0 bridgehead atoms. The van der Waals surface area contributed by atoms with Crippen molar-refractivity contribution in [3.63, 3.8) is 0 Å². The Morgan fingerprint density at radius 1 is 0.394 bits per heavy atom. The van der Waals surface area contributed by atoms with Crippen LogP contribution in [0.5, 0.6) is 0 Å². The summed E-state index contributed by atoms with van der Waals surface area (Å²) in [6, 6.07) is -1.04. The molecular weight excluding hydrogens is 1360 g/mol. The van der Waals surface area contributed by atoms with Gasteiger partial charge in [0.2, 0.25) is 5.91 Å². The molecule has 104 heavy (non-hydrogen) atoms. The van der Waals surface area contributed by atoms with Gasteiger partial charge in [-0.05, 0) is 6.42 Å². The molecule has 1 amide bonds. The minimum Gasteiger partial charge on any atom is -0.463 e. The average Bonchev–Trinajstić information content (AvgIpc) is 0.818. The number of esters is 1. The minimum atomic E-state index is -1.40. The van der Waals surface area contributed by atoms with Crippen LogP contribution in [0, 0.1) is 0 Å². The molecule has 1 fully saturated rings. The fraction of sp³-hybridized carbons (Fsp3) is 0.945. The number of amides is 1. The molecule has 31 nitrogen and oxygen atoms in total. The number of aliphatic hydroxyl groups is 3. The Labute approximate surface area is 621 Å². The fourth-order valence-electron chi connectivity index (χ4n) is 10.1. The van der Waals surface area contributed by atoms with Gasteiger partial charge < -0.3 is 125 Å². The van der Waals surface area contributed by atoms with Crippen LogP contribution in [-0.2, 0) is 127 Å². The van der Waals surface area contributed by atoms with Crippen LogP contribution in [0.25, 0.3) is 0 Å². The molecule has 0 unspecified atom stereocenters. The van der Waals surface area contributed by atoms with Crippen LogP contribution in [0.2, 0.25) is 0 Å². The second kappa shape index (κ2) is 78.2. The average molecular weight is 1510 g/mol. The summed E-state index contributed by atoms with van der Waals surface area (Å²) in [4.78, 5) is 23.6. The van der Waals surface area contributed by atoms with E-state index in [9.17, 15) is 24.9 Å². The molecule has 0 radical (unpaired) electrons. The number of nitrogens with zero attached hydrogens (tertiary/aromatic N) is 3. The third-order valence-electron chi connectivity index (χ3n) is 15.9. The number of unbranched alkanes of at least 4 members (excludes halogenated alkanes) is 18. The van der Waals surface area contributed by atoms with Gasteiger partial charge in [-0.2, -0.15) is 0 Å². The van der Waals surface area contributed by atoms with Crippen molar-refractivity contribution in [2.45, 2.75) is 186 Å². The quantitative estimate of drug-likeness (QED) is 0.0467. The lowest BCUT2D eigenvalue weighted by Crippen LogP contribution is -2.64. The molecule has 1 aliphatic rings. The summed E-state index contributed by atoms with van der Waals surface area (Å²) < 4.78 is 123. The van der Waals surface area contributed by atoms with Gasteiger partial charge in [-0.15, -0.1) is 5.10 Å². The maximum atomic E-state index is 12.0. The van der Waals surface area contributed by atoms with Crippen LogP contribution in [0.1, 0.15) is 148 Å². The van der Waals surface area contributed by atoms with Crippen molar-refractivity contribution in [2.24, 2.45) is 0 Å². The van der Waals surface area contributed by atoms with E-state index in [0.29, 0.717) is 270 Å². The summed E-state index contributed by atoms with van der Waals surface area (Å²) in [6.07, 6.45) is 22.5. The predicted molar refractivity (Wildman–Crippen MR) is 385 cm³/mol. The van der Waals surface area contributed by atoms with Crippen molar-refractivity contribution in [1.82, 2.24) is 20.3 Å². The van der Waals surface area contributed by atoms with E-state index in [-0.39, 0.29) is 19.2 Å². The first-order chi connectivity index (χ1) is 51.3. The zero-order valence-corrected chi connectivity index (χ0v) is 63.8. The minimum absolute atomic E-state index is 0.0524. The van der Waals surface area contributed by atoms with E-state index in [1.165, 1.54) is 116 Å². The van der Waals surface area contributed by atoms with E-state index in [1.54, 1.807) is 10.9 Å². The van der Waals surface area contributed by atoms with Gasteiger partial charge in [-0.25, -0.2) is 4.68 Å². The van der Waals surface area contributed by atoms with Gasteiger partial charge in [0.05, 0.1) is 277 Å². The fourth-order valence-corrected chi connectivity index (χ4v) is 10.1. The first-order valence-electron chi connectivity index (χ1n) is 38.9. The highest BCUT2D eigenvalue weighted by Gasteiger charge is 2.45. The molecule has 31 heteroatoms. The van der Waals surface area contributed by atoms with Crippen LogP contribution < -0.4 is 5.32 Å². The summed E-state index contributed by atoms with van der Waals surface area (Å²) in [5.41, 5.74) is 0.468. The van der Waals surface area contributed by atoms with E-state index in [1.807, 2.05) is 0 Å². The predicted octanol–water partition coefficient (Wildman–Crippen LogP) is 5.42. The second-order valence-corrected chi connectivity index (χ2v) is 24.7. The van der Waals surface area contributed by atoms with Crippen molar-refractivity contribution in [3.05, 3.63) is 11.9 Å². The highest BCUT2D eigenvalue weighted by atomic mass is 16.7. The standard InChI is InChI=1S/C73H140N4O27/c1-3-4-5-6-7-8-9-10-11-12-13-14-15-16-17-18-19-20-21-22-69(80)102-62-61-101-60-59-100-58-57-99-56-55-98-54-53-97-52-51-96-50-49-95-48-47-94-46-45-93-44-43-92-42-41-91-40-39-90-38-37-89-36-35-88-34-33-87-32-31-86-30-29-85-28-27-84-26-25-83-24-23-77-63-67(75-76-77)65-103-73-70(74-66(2)79)72(82)71(81)68(64-78)104-73/h63,68,70-73,78,81-82H,3-62,64-65H2,1-2H3,(H,74,79)/t68-,70-,71-,72-,73-/m1/s1. The Bertz CT molecular complexity index is 1930. The molecule has 2 heterocycles. The summed E-state index contributed by atoms with van der Waals surface area (Å²) >= 11 is 0. The van der Waals surface area contributed by atoms with Gasteiger partial charge in [-0.3, -0.25) is 9.59 Å². The SMILES string of the molecule is CCCCCCCCCCCCCCCCCCCCCC(=O)OCCOCCOCCOCCOCCOCCOCCOCCOCCOCCOCCOCCOCCOCCOCCOCCOCCOCCOCCOCCn1cc(CO[C@@H]2O[C@H](CO)[C@@H](O)[C@H](O)[C@H]2NC(C)=O)nn1. The van der Waals surface area contributed by atoms with E-state index >= 15 is 0 Å². The van der Waals surface area contributed by atoms with Gasteiger partial charge in [0.1, 0.15) is 36.7 Å². The molecule has 1 saturated heterocycles. The lowest BCUT2D eigenvalue weighted by molar-refractivity contribution is -0.273. The van der Waals surface area contributed by atoms with E-state index in [2.05, 4.69) is 22.6 Å². The van der Waals surface area contributed by atoms with Crippen LogP contribution in [-0.4, -0.2) is 337 Å². The maximum absolute atomic E-state index is 12.0. The van der Waals surface area contributed by atoms with E-state index in [4.69, 9.17) is 104 Å². The monoisotopic (exact) mass is 1500 g/mol. The maximum Gasteiger partial charge on any atom is 0.305 e. The van der Waals surface area contributed by atoms with Crippen LogP contribution in [0.4, 0.5) is 0 Å². The lowest BCUT2D eigenvalue weighted by Gasteiger charge is -2.42. The topological polar surface area (TPSA) is 341 Å². The third-order valence-corrected chi connectivity index (χ3v) is 15.9. The number of hydrogen-bond donors (Lipinski definition) is 4. The van der Waals surface area contributed by atoms with Gasteiger partial charge in [0, 0.05) is 13.3 Å². The largest absolute Gasteiger partial charge is 0.463 e. The molecule has 2 rings (SSSR count). The van der Waals surface area contributed by atoms with Crippen molar-refractivity contribution < 1.29 is 129 Å². The molecule has 4 N–H and O–H groups in total. The molecule has 5 atom stereocenters. The summed E-state index contributed by atoms with van der Waals surface area (Å²) in [5.74, 6) is -0.581. The summed E-state index contributed by atoms with van der Waals surface area (Å²) in [7, 11) is 0.